The lowest BCUT2D eigenvalue weighted by molar-refractivity contribution is -0.173. The van der Waals surface area contributed by atoms with E-state index in [0.717, 1.165) is 19.6 Å². The highest BCUT2D eigenvalue weighted by molar-refractivity contribution is 6.30. The van der Waals surface area contributed by atoms with Crippen LogP contribution in [0.15, 0.2) is 24.3 Å². The predicted molar refractivity (Wildman–Crippen MR) is 110 cm³/mol. The van der Waals surface area contributed by atoms with Crippen molar-refractivity contribution in [2.24, 2.45) is 0 Å². The number of carbonyl (C=O) groups excluding carboxylic acids is 1. The molecule has 3 aliphatic heterocycles. The van der Waals surface area contributed by atoms with Crippen molar-refractivity contribution >= 4 is 17.5 Å². The maximum Gasteiger partial charge on any atom is 0.253 e. The van der Waals surface area contributed by atoms with Crippen molar-refractivity contribution in [2.75, 3.05) is 45.9 Å². The van der Waals surface area contributed by atoms with E-state index in [0.29, 0.717) is 49.7 Å². The number of nitrogens with zero attached hydrogens (tertiary/aromatic N) is 3. The maximum atomic E-state index is 13.6. The highest BCUT2D eigenvalue weighted by Gasteiger charge is 2.56. The normalized spacial score (nSPS) is 29.4. The number of amides is 1. The number of ether oxygens (including phenoxy) is 1. The number of carbonyl (C=O) groups is 1. The summed E-state index contributed by atoms with van der Waals surface area (Å²) in [5.74, 6) is -2.48. The van der Waals surface area contributed by atoms with Crippen LogP contribution in [0.2, 0.25) is 5.02 Å². The number of halogens is 3. The molecule has 30 heavy (non-hydrogen) atoms. The maximum absolute atomic E-state index is 13.6. The number of fused-ring (bicyclic) bond motifs is 2. The Balaban J connectivity index is 1.31. The van der Waals surface area contributed by atoms with Crippen molar-refractivity contribution in [3.05, 3.63) is 34.9 Å². The van der Waals surface area contributed by atoms with Gasteiger partial charge in [0.15, 0.2) is 0 Å². The summed E-state index contributed by atoms with van der Waals surface area (Å²) >= 11 is 5.98. The smallest absolute Gasteiger partial charge is 0.253 e. The molecule has 1 unspecified atom stereocenters. The summed E-state index contributed by atoms with van der Waals surface area (Å²) in [6, 6.07) is 7.45. The average molecular weight is 440 g/mol. The van der Waals surface area contributed by atoms with E-state index in [1.165, 1.54) is 0 Å². The van der Waals surface area contributed by atoms with Crippen LogP contribution in [-0.2, 0) is 4.74 Å². The molecular formula is C22H28ClF2N3O2. The molecule has 0 radical (unpaired) electrons. The minimum atomic E-state index is -2.50. The zero-order valence-electron chi connectivity index (χ0n) is 17.0. The van der Waals surface area contributed by atoms with E-state index in [1.54, 1.807) is 24.3 Å². The lowest BCUT2D eigenvalue weighted by Crippen LogP contribution is -2.81. The first-order valence-electron chi connectivity index (χ1n) is 10.9. The lowest BCUT2D eigenvalue weighted by atomic mass is 9.79. The van der Waals surface area contributed by atoms with Gasteiger partial charge in [0.25, 0.3) is 5.91 Å². The average Bonchev–Trinajstić information content (AvgIpc) is 2.71. The summed E-state index contributed by atoms with van der Waals surface area (Å²) in [7, 11) is 0. The highest BCUT2D eigenvalue weighted by Crippen LogP contribution is 2.42. The van der Waals surface area contributed by atoms with Gasteiger partial charge in [0.05, 0.1) is 24.8 Å². The van der Waals surface area contributed by atoms with E-state index in [-0.39, 0.29) is 36.4 Å². The van der Waals surface area contributed by atoms with Crippen molar-refractivity contribution in [1.29, 1.82) is 0 Å². The Morgan fingerprint density at radius 3 is 2.47 bits per heavy atom. The van der Waals surface area contributed by atoms with Gasteiger partial charge in [0.1, 0.15) is 0 Å². The van der Waals surface area contributed by atoms with E-state index in [1.807, 2.05) is 4.90 Å². The number of rotatable bonds is 2. The van der Waals surface area contributed by atoms with Gasteiger partial charge in [-0.1, -0.05) is 11.6 Å². The van der Waals surface area contributed by atoms with Gasteiger partial charge < -0.3 is 9.64 Å². The Morgan fingerprint density at radius 1 is 1.07 bits per heavy atom. The fourth-order valence-electron chi connectivity index (χ4n) is 5.77. The molecule has 1 aromatic rings. The number of alkyl halides is 2. The van der Waals surface area contributed by atoms with Gasteiger partial charge in [-0.25, -0.2) is 8.78 Å². The summed E-state index contributed by atoms with van der Waals surface area (Å²) in [5.41, 5.74) is 0.541. The van der Waals surface area contributed by atoms with Crippen LogP contribution >= 0.6 is 11.6 Å². The first-order chi connectivity index (χ1) is 14.4. The molecule has 8 heteroatoms. The molecule has 0 bridgehead atoms. The largest absolute Gasteiger partial charge is 0.378 e. The molecule has 1 aromatic carbocycles. The zero-order valence-corrected chi connectivity index (χ0v) is 17.8. The zero-order chi connectivity index (χ0) is 20.9. The first-order valence-corrected chi connectivity index (χ1v) is 11.2. The Morgan fingerprint density at radius 2 is 1.77 bits per heavy atom. The van der Waals surface area contributed by atoms with Crippen LogP contribution in [0.4, 0.5) is 8.78 Å². The Hall–Kier alpha value is -1.28. The molecule has 1 spiro atoms. The number of piperazine rings is 1. The molecular weight excluding hydrogens is 412 g/mol. The number of morpholine rings is 1. The Labute approximate surface area is 180 Å². The number of likely N-dealkylation sites (tertiary alicyclic amines) is 1. The third-order valence-corrected chi connectivity index (χ3v) is 7.58. The Bertz CT molecular complexity index is 790. The minimum Gasteiger partial charge on any atom is -0.378 e. The number of benzene rings is 1. The fourth-order valence-corrected chi connectivity index (χ4v) is 5.89. The third kappa shape index (κ3) is 3.74. The van der Waals surface area contributed by atoms with E-state index in [4.69, 9.17) is 16.3 Å². The van der Waals surface area contributed by atoms with Crippen molar-refractivity contribution in [2.45, 2.75) is 49.2 Å². The molecule has 4 fully saturated rings. The number of hydrogen-bond donors (Lipinski definition) is 0. The van der Waals surface area contributed by atoms with Gasteiger partial charge in [-0.3, -0.25) is 14.6 Å². The topological polar surface area (TPSA) is 36.0 Å². The lowest BCUT2D eigenvalue weighted by Gasteiger charge is -2.65. The third-order valence-electron chi connectivity index (χ3n) is 7.33. The molecule has 1 saturated carbocycles. The standard InChI is InChI=1S/C22H28ClF2N3O2/c23-17-3-1-16(2-4-17)20(29)26-11-19-12-30-10-9-28(19)21(13-26)14-27(15-21)18-5-7-22(24,25)8-6-18/h1-4,18-19H,5-15H2. The molecule has 1 amide bonds. The van der Waals surface area contributed by atoms with Gasteiger partial charge >= 0.3 is 0 Å². The quantitative estimate of drug-likeness (QED) is 0.709. The summed E-state index contributed by atoms with van der Waals surface area (Å²) in [4.78, 5) is 20.0. The number of hydrogen-bond acceptors (Lipinski definition) is 4. The van der Waals surface area contributed by atoms with Crippen molar-refractivity contribution in [1.82, 2.24) is 14.7 Å². The fraction of sp³-hybridized carbons (Fsp3) is 0.682. The van der Waals surface area contributed by atoms with Crippen LogP contribution in [0, 0.1) is 0 Å². The van der Waals surface area contributed by atoms with E-state index >= 15 is 0 Å². The van der Waals surface area contributed by atoms with Crippen LogP contribution in [0.3, 0.4) is 0 Å². The van der Waals surface area contributed by atoms with Gasteiger partial charge in [0.2, 0.25) is 5.92 Å². The molecule has 0 N–H and O–H groups in total. The van der Waals surface area contributed by atoms with Gasteiger partial charge in [-0.15, -0.1) is 0 Å². The second-order valence-corrected chi connectivity index (χ2v) is 9.77. The van der Waals surface area contributed by atoms with E-state index in [9.17, 15) is 13.6 Å². The van der Waals surface area contributed by atoms with Crippen LogP contribution in [0.5, 0.6) is 0 Å². The Kier molecular flexibility index (Phi) is 5.29. The summed E-state index contributed by atoms with van der Waals surface area (Å²) in [5, 5.41) is 0.612. The van der Waals surface area contributed by atoms with Crippen molar-refractivity contribution in [3.63, 3.8) is 0 Å². The predicted octanol–water partition coefficient (Wildman–Crippen LogP) is 3.13. The second kappa shape index (κ2) is 7.69. The highest BCUT2D eigenvalue weighted by atomic mass is 35.5. The SMILES string of the molecule is O=C(c1ccc(Cl)cc1)N1CC2COCCN2C2(C1)CN(C1CCC(F)(F)CC1)C2. The minimum absolute atomic E-state index is 0.0114. The van der Waals surface area contributed by atoms with E-state index < -0.39 is 5.92 Å². The van der Waals surface area contributed by atoms with Crippen LogP contribution in [0.25, 0.3) is 0 Å². The molecule has 1 atom stereocenters. The van der Waals surface area contributed by atoms with Crippen molar-refractivity contribution < 1.29 is 18.3 Å². The van der Waals surface area contributed by atoms with Crippen molar-refractivity contribution in [3.8, 4) is 0 Å². The molecule has 1 aliphatic carbocycles. The molecule has 4 aliphatic rings. The van der Waals surface area contributed by atoms with Gasteiger partial charge in [-0.2, -0.15) is 0 Å². The second-order valence-electron chi connectivity index (χ2n) is 9.33. The van der Waals surface area contributed by atoms with Gasteiger partial charge in [-0.05, 0) is 37.1 Å². The van der Waals surface area contributed by atoms with Crippen LogP contribution in [-0.4, -0.2) is 90.1 Å². The summed E-state index contributed by atoms with van der Waals surface area (Å²) < 4.78 is 32.9. The van der Waals surface area contributed by atoms with E-state index in [2.05, 4.69) is 9.80 Å². The van der Waals surface area contributed by atoms with Crippen LogP contribution < -0.4 is 0 Å². The molecule has 3 saturated heterocycles. The molecule has 164 valence electrons. The molecule has 3 heterocycles. The first kappa shape index (κ1) is 20.6. The summed E-state index contributed by atoms with van der Waals surface area (Å²) in [6.07, 6.45) is 1.09. The van der Waals surface area contributed by atoms with Crippen LogP contribution in [0.1, 0.15) is 36.0 Å². The molecule has 5 rings (SSSR count). The monoisotopic (exact) mass is 439 g/mol. The summed E-state index contributed by atoms with van der Waals surface area (Å²) in [6.45, 7) is 5.20. The van der Waals surface area contributed by atoms with Gasteiger partial charge in [0, 0.05) is 62.2 Å². The molecule has 0 aromatic heterocycles. The molecule has 5 nitrogen and oxygen atoms in total.